The van der Waals surface area contributed by atoms with Crippen LogP contribution in [0.3, 0.4) is 0 Å². The topological polar surface area (TPSA) is 56.9 Å². The number of fused-ring (bicyclic) bond motifs is 1. The van der Waals surface area contributed by atoms with Gasteiger partial charge in [0.05, 0.1) is 5.39 Å². The van der Waals surface area contributed by atoms with Crippen LogP contribution >= 0.6 is 11.6 Å². The highest BCUT2D eigenvalue weighted by atomic mass is 35.5. The number of benzene rings is 2. The van der Waals surface area contributed by atoms with Crippen LogP contribution in [0, 0.1) is 0 Å². The summed E-state index contributed by atoms with van der Waals surface area (Å²) in [4.78, 5) is 4.54. The quantitative estimate of drug-likeness (QED) is 0.732. The molecule has 23 heavy (non-hydrogen) atoms. The van der Waals surface area contributed by atoms with Crippen molar-refractivity contribution in [3.63, 3.8) is 0 Å². The molecule has 0 aliphatic carbocycles. The summed E-state index contributed by atoms with van der Waals surface area (Å²) in [7, 11) is 0. The number of aliphatic imine (C=N–C) groups is 1. The summed E-state index contributed by atoms with van der Waals surface area (Å²) in [5, 5.41) is 5.29. The van der Waals surface area contributed by atoms with Crippen molar-refractivity contribution in [3.05, 3.63) is 59.1 Å². The van der Waals surface area contributed by atoms with Crippen molar-refractivity contribution in [2.45, 2.75) is 6.04 Å². The van der Waals surface area contributed by atoms with Gasteiger partial charge in [0.15, 0.2) is 5.58 Å². The summed E-state index contributed by atoms with van der Waals surface area (Å²) < 4.78 is 16.6. The third kappa shape index (κ3) is 2.87. The Balaban J connectivity index is 1.47. The fourth-order valence-corrected chi connectivity index (χ4v) is 2.58. The molecule has 1 aromatic heterocycles. The molecule has 4 rings (SSSR count). The molecule has 0 fully saturated rings. The summed E-state index contributed by atoms with van der Waals surface area (Å²) in [6.45, 7) is 0.852. The van der Waals surface area contributed by atoms with Crippen molar-refractivity contribution in [2.24, 2.45) is 4.99 Å². The Kier molecular flexibility index (Phi) is 3.63. The van der Waals surface area contributed by atoms with Gasteiger partial charge in [-0.2, -0.15) is 0 Å². The van der Waals surface area contributed by atoms with E-state index in [1.165, 1.54) is 0 Å². The Morgan fingerprint density at radius 3 is 2.91 bits per heavy atom. The van der Waals surface area contributed by atoms with Gasteiger partial charge in [-0.3, -0.25) is 0 Å². The van der Waals surface area contributed by atoms with Crippen LogP contribution in [0.1, 0.15) is 5.56 Å². The summed E-state index contributed by atoms with van der Waals surface area (Å²) in [5.74, 6) is 1.07. The van der Waals surface area contributed by atoms with Crippen molar-refractivity contribution in [1.82, 2.24) is 5.16 Å². The number of aromatic nitrogens is 1. The van der Waals surface area contributed by atoms with Crippen LogP contribution in [-0.4, -0.2) is 30.3 Å². The largest absolute Gasteiger partial charge is 0.475 e. The maximum atomic E-state index is 5.99. The maximum absolute atomic E-state index is 5.99. The zero-order chi connectivity index (χ0) is 15.6. The first-order chi connectivity index (χ1) is 11.3. The van der Waals surface area contributed by atoms with Crippen LogP contribution in [0.25, 0.3) is 11.0 Å². The van der Waals surface area contributed by atoms with Crippen LogP contribution in [0.5, 0.6) is 5.88 Å². The van der Waals surface area contributed by atoms with Crippen molar-refractivity contribution >= 4 is 28.5 Å². The second kappa shape index (κ2) is 5.93. The molecule has 1 aliphatic heterocycles. The molecule has 1 unspecified atom stereocenters. The smallest absolute Gasteiger partial charge is 0.262 e. The first kappa shape index (κ1) is 14.1. The number of hydrogen-bond donors (Lipinski definition) is 0. The average molecular weight is 329 g/mol. The summed E-state index contributed by atoms with van der Waals surface area (Å²) in [6, 6.07) is 15.0. The van der Waals surface area contributed by atoms with E-state index in [-0.39, 0.29) is 6.04 Å². The van der Waals surface area contributed by atoms with Crippen molar-refractivity contribution in [2.75, 3.05) is 13.2 Å². The molecule has 5 nitrogen and oxygen atoms in total. The van der Waals surface area contributed by atoms with Gasteiger partial charge in [0.2, 0.25) is 5.90 Å². The molecule has 1 atom stereocenters. The lowest BCUT2D eigenvalue weighted by molar-refractivity contribution is 0.230. The third-order valence-corrected chi connectivity index (χ3v) is 3.78. The van der Waals surface area contributed by atoms with E-state index < -0.39 is 0 Å². The Morgan fingerprint density at radius 1 is 1.17 bits per heavy atom. The van der Waals surface area contributed by atoms with Crippen LogP contribution in [-0.2, 0) is 4.74 Å². The predicted octanol–water partition coefficient (Wildman–Crippen LogP) is 3.71. The third-order valence-electron chi connectivity index (χ3n) is 3.54. The lowest BCUT2D eigenvalue weighted by Gasteiger charge is -2.05. The molecule has 116 valence electrons. The molecule has 0 spiro atoms. The Hall–Kier alpha value is -2.53. The molecule has 0 radical (unpaired) electrons. The van der Waals surface area contributed by atoms with E-state index >= 15 is 0 Å². The van der Waals surface area contributed by atoms with E-state index in [2.05, 4.69) is 10.1 Å². The zero-order valence-electron chi connectivity index (χ0n) is 12.1. The number of hydrogen-bond acceptors (Lipinski definition) is 5. The van der Waals surface area contributed by atoms with Gasteiger partial charge < -0.3 is 14.0 Å². The highest BCUT2D eigenvalue weighted by Gasteiger charge is 2.21. The minimum atomic E-state index is -0.0730. The monoisotopic (exact) mass is 328 g/mol. The fraction of sp³-hybridized carbons (Fsp3) is 0.176. The molecule has 6 heteroatoms. The van der Waals surface area contributed by atoms with Gasteiger partial charge in [0.1, 0.15) is 19.3 Å². The molecule has 0 bridgehead atoms. The van der Waals surface area contributed by atoms with E-state index in [9.17, 15) is 0 Å². The van der Waals surface area contributed by atoms with E-state index in [0.29, 0.717) is 35.6 Å². The minimum absolute atomic E-state index is 0.0730. The van der Waals surface area contributed by atoms with E-state index in [1.807, 2.05) is 30.3 Å². The normalized spacial score (nSPS) is 17.1. The molecule has 2 heterocycles. The zero-order valence-corrected chi connectivity index (χ0v) is 12.9. The Morgan fingerprint density at radius 2 is 2.04 bits per heavy atom. The van der Waals surface area contributed by atoms with E-state index in [1.54, 1.807) is 18.2 Å². The number of halogens is 1. The predicted molar refractivity (Wildman–Crippen MR) is 87.2 cm³/mol. The summed E-state index contributed by atoms with van der Waals surface area (Å²) in [6.07, 6.45) is 0. The highest BCUT2D eigenvalue weighted by Crippen LogP contribution is 2.28. The van der Waals surface area contributed by atoms with Crippen LogP contribution in [0.15, 0.2) is 58.0 Å². The Bertz CT molecular complexity index is 861. The standard InChI is InChI=1S/C17H13ClN2O3/c18-12-6-7-15-14(8-12)17(20-23-15)22-10-13-9-21-16(19-13)11-4-2-1-3-5-11/h1-8,13H,9-10H2. The lowest BCUT2D eigenvalue weighted by atomic mass is 10.2. The van der Waals surface area contributed by atoms with Gasteiger partial charge in [-0.05, 0) is 35.5 Å². The van der Waals surface area contributed by atoms with E-state index in [4.69, 9.17) is 25.6 Å². The first-order valence-corrected chi connectivity index (χ1v) is 7.61. The van der Waals surface area contributed by atoms with Crippen molar-refractivity contribution < 1.29 is 14.0 Å². The van der Waals surface area contributed by atoms with Crippen molar-refractivity contribution in [1.29, 1.82) is 0 Å². The van der Waals surface area contributed by atoms with Crippen molar-refractivity contribution in [3.8, 4) is 5.88 Å². The summed E-state index contributed by atoms with van der Waals surface area (Å²) in [5.41, 5.74) is 1.61. The molecule has 0 saturated heterocycles. The molecule has 2 aromatic carbocycles. The maximum Gasteiger partial charge on any atom is 0.262 e. The highest BCUT2D eigenvalue weighted by molar-refractivity contribution is 6.31. The SMILES string of the molecule is Clc1ccc2onc(OCC3COC(c4ccccc4)=N3)c2c1. The molecule has 1 aliphatic rings. The molecule has 0 N–H and O–H groups in total. The van der Waals surface area contributed by atoms with Gasteiger partial charge in [0.25, 0.3) is 5.88 Å². The van der Waals surface area contributed by atoms with Gasteiger partial charge in [-0.25, -0.2) is 4.99 Å². The van der Waals surface area contributed by atoms with Crippen LogP contribution < -0.4 is 4.74 Å². The second-order valence-electron chi connectivity index (χ2n) is 5.20. The van der Waals surface area contributed by atoms with E-state index in [0.717, 1.165) is 10.9 Å². The average Bonchev–Trinajstić information content (AvgIpc) is 3.20. The Labute approximate surface area is 137 Å². The number of ether oxygens (including phenoxy) is 2. The molecule has 0 saturated carbocycles. The fourth-order valence-electron chi connectivity index (χ4n) is 2.41. The molecular formula is C17H13ClN2O3. The first-order valence-electron chi connectivity index (χ1n) is 7.23. The minimum Gasteiger partial charge on any atom is -0.475 e. The second-order valence-corrected chi connectivity index (χ2v) is 5.64. The van der Waals surface area contributed by atoms with Gasteiger partial charge in [-0.1, -0.05) is 29.8 Å². The molecule has 0 amide bonds. The molecule has 3 aromatic rings. The molecular weight excluding hydrogens is 316 g/mol. The lowest BCUT2D eigenvalue weighted by Crippen LogP contribution is -2.17. The number of nitrogens with zero attached hydrogens (tertiary/aromatic N) is 2. The van der Waals surface area contributed by atoms with Crippen LogP contribution in [0.2, 0.25) is 5.02 Å². The number of rotatable bonds is 4. The summed E-state index contributed by atoms with van der Waals surface area (Å²) >= 11 is 5.99. The van der Waals surface area contributed by atoms with Gasteiger partial charge in [0, 0.05) is 10.6 Å². The van der Waals surface area contributed by atoms with Crippen LogP contribution in [0.4, 0.5) is 0 Å². The van der Waals surface area contributed by atoms with Gasteiger partial charge >= 0.3 is 0 Å². The van der Waals surface area contributed by atoms with Gasteiger partial charge in [-0.15, -0.1) is 0 Å².